The molecule has 14 heteroatoms. The van der Waals surface area contributed by atoms with Crippen molar-refractivity contribution in [3.63, 3.8) is 0 Å². The number of unbranched alkanes of at least 4 members (excludes halogenated alkanes) is 24. The van der Waals surface area contributed by atoms with Crippen LogP contribution in [0.15, 0.2) is 36.4 Å². The monoisotopic (exact) mass is 963 g/mol. The van der Waals surface area contributed by atoms with Gasteiger partial charge in [0.2, 0.25) is 11.8 Å². The van der Waals surface area contributed by atoms with Crippen LogP contribution in [-0.4, -0.2) is 69.2 Å². The molecular formula is C54H98N4O10. The molecule has 0 aliphatic heterocycles. The lowest BCUT2D eigenvalue weighted by Crippen LogP contribution is -2.15. The topological polar surface area (TPSA) is 287 Å². The number of amides is 2. The lowest BCUT2D eigenvalue weighted by Gasteiger charge is -2.06. The number of nitrogens with two attached hydrogens (primary N) is 4. The van der Waals surface area contributed by atoms with Crippen molar-refractivity contribution in [3.05, 3.63) is 58.7 Å². The molecule has 0 saturated carbocycles. The Bertz CT molecular complexity index is 1310. The molecule has 0 fully saturated rings. The molecule has 0 saturated heterocycles. The number of rotatable bonds is 38. The predicted octanol–water partition coefficient (Wildman–Crippen LogP) is 13.0. The first-order valence-electron chi connectivity index (χ1n) is 26.0. The molecule has 1 rings (SSSR count). The first-order chi connectivity index (χ1) is 32.6. The molecule has 0 spiro atoms. The second-order valence-electron chi connectivity index (χ2n) is 17.0. The highest BCUT2D eigenvalue weighted by Crippen LogP contribution is 2.19. The SMILES string of the molecule is CCCC(N)=O.CCCC(N)=O.CCCCCCCCC=CCCCCCCCCN.CCCCCCCCC=CCCCCCCCCN.O=C(O)c1cc(C(=O)O)c(C(=O)O)cc1C(=O)O. The van der Waals surface area contributed by atoms with Gasteiger partial charge in [-0.25, -0.2) is 19.2 Å². The van der Waals surface area contributed by atoms with E-state index >= 15 is 0 Å². The second kappa shape index (κ2) is 55.0. The van der Waals surface area contributed by atoms with Gasteiger partial charge < -0.3 is 43.4 Å². The minimum absolute atomic E-state index is 0.211. The van der Waals surface area contributed by atoms with Crippen molar-refractivity contribution >= 4 is 35.7 Å². The fourth-order valence-corrected chi connectivity index (χ4v) is 6.58. The number of hydrogen-bond donors (Lipinski definition) is 8. The molecule has 14 nitrogen and oxygen atoms in total. The van der Waals surface area contributed by atoms with Gasteiger partial charge in [-0.2, -0.15) is 0 Å². The van der Waals surface area contributed by atoms with Crippen LogP contribution >= 0.6 is 0 Å². The van der Waals surface area contributed by atoms with Crippen molar-refractivity contribution in [2.45, 2.75) is 233 Å². The van der Waals surface area contributed by atoms with E-state index in [4.69, 9.17) is 43.4 Å². The minimum atomic E-state index is -1.66. The first-order valence-corrected chi connectivity index (χ1v) is 26.0. The molecule has 68 heavy (non-hydrogen) atoms. The Labute approximate surface area is 411 Å². The molecule has 12 N–H and O–H groups in total. The van der Waals surface area contributed by atoms with Gasteiger partial charge in [0.15, 0.2) is 0 Å². The van der Waals surface area contributed by atoms with Crippen LogP contribution in [-0.2, 0) is 9.59 Å². The van der Waals surface area contributed by atoms with Crippen molar-refractivity contribution in [2.75, 3.05) is 13.1 Å². The lowest BCUT2D eigenvalue weighted by molar-refractivity contribution is -0.118. The number of carbonyl (C=O) groups excluding carboxylic acids is 2. The Morgan fingerprint density at radius 2 is 0.559 bits per heavy atom. The van der Waals surface area contributed by atoms with E-state index in [9.17, 15) is 28.8 Å². The number of primary amides is 2. The quantitative estimate of drug-likeness (QED) is 0.0227. The molecule has 0 atom stereocenters. The zero-order valence-corrected chi connectivity index (χ0v) is 43.1. The van der Waals surface area contributed by atoms with E-state index in [1.54, 1.807) is 0 Å². The summed E-state index contributed by atoms with van der Waals surface area (Å²) in [7, 11) is 0. The van der Waals surface area contributed by atoms with Crippen LogP contribution in [0.25, 0.3) is 0 Å². The highest BCUT2D eigenvalue weighted by Gasteiger charge is 2.25. The minimum Gasteiger partial charge on any atom is -0.478 e. The van der Waals surface area contributed by atoms with E-state index in [2.05, 4.69) is 38.2 Å². The van der Waals surface area contributed by atoms with Gasteiger partial charge in [0, 0.05) is 12.8 Å². The van der Waals surface area contributed by atoms with E-state index in [-0.39, 0.29) is 11.8 Å². The molecule has 0 radical (unpaired) electrons. The summed E-state index contributed by atoms with van der Waals surface area (Å²) in [6.07, 6.45) is 50.5. The fourth-order valence-electron chi connectivity index (χ4n) is 6.58. The van der Waals surface area contributed by atoms with Gasteiger partial charge in [-0.05, 0) is 102 Å². The normalized spacial score (nSPS) is 10.4. The summed E-state index contributed by atoms with van der Waals surface area (Å²) in [6.45, 7) is 10.1. The summed E-state index contributed by atoms with van der Waals surface area (Å²) in [4.78, 5) is 62.8. The molecule has 0 heterocycles. The summed E-state index contributed by atoms with van der Waals surface area (Å²) in [5.41, 5.74) is 17.3. The number of allylic oxidation sites excluding steroid dienone is 4. The van der Waals surface area contributed by atoms with Crippen LogP contribution in [0.1, 0.15) is 275 Å². The molecule has 394 valence electrons. The van der Waals surface area contributed by atoms with Gasteiger partial charge in [0.05, 0.1) is 22.3 Å². The number of aromatic carboxylic acids is 4. The molecule has 0 aliphatic rings. The number of carbonyl (C=O) groups is 6. The molecule has 1 aromatic carbocycles. The van der Waals surface area contributed by atoms with E-state index in [0.717, 1.165) is 25.9 Å². The lowest BCUT2D eigenvalue weighted by atomic mass is 9.98. The summed E-state index contributed by atoms with van der Waals surface area (Å²) in [5.74, 6) is -7.06. The summed E-state index contributed by atoms with van der Waals surface area (Å²) >= 11 is 0. The molecule has 1 aromatic rings. The van der Waals surface area contributed by atoms with Crippen molar-refractivity contribution < 1.29 is 49.2 Å². The average molecular weight is 963 g/mol. The van der Waals surface area contributed by atoms with Gasteiger partial charge in [0.25, 0.3) is 0 Å². The van der Waals surface area contributed by atoms with E-state index < -0.39 is 46.1 Å². The van der Waals surface area contributed by atoms with E-state index in [0.29, 0.717) is 25.0 Å². The molecule has 0 unspecified atom stereocenters. The van der Waals surface area contributed by atoms with Gasteiger partial charge in [-0.3, -0.25) is 9.59 Å². The predicted molar refractivity (Wildman–Crippen MR) is 279 cm³/mol. The maximum Gasteiger partial charge on any atom is 0.336 e. The third kappa shape index (κ3) is 52.4. The zero-order valence-electron chi connectivity index (χ0n) is 43.1. The first kappa shape index (κ1) is 70.0. The second-order valence-corrected chi connectivity index (χ2v) is 17.0. The highest BCUT2D eigenvalue weighted by atomic mass is 16.4. The van der Waals surface area contributed by atoms with Crippen LogP contribution in [0.3, 0.4) is 0 Å². The molecular weight excluding hydrogens is 865 g/mol. The molecule has 2 amide bonds. The standard InChI is InChI=1S/2C18H37N.C10H6O8.2C4H9NO/c2*1-2-3-4-5-6-7-8-9-10-11-12-13-14-15-16-17-18-19;11-7(12)3-1-4(8(13)14)6(10(17)18)2-5(3)9(15)16;2*1-2-3-4(5)6/h2*9-10H,2-8,11-19H2,1H3;1-2H,(H,11,12)(H,13,14)(H,15,16)(H,17,18);2*2-3H2,1H3,(H2,5,6). The fraction of sp³-hybridized carbons (Fsp3) is 0.704. The van der Waals surface area contributed by atoms with Gasteiger partial charge in [-0.15, -0.1) is 0 Å². The van der Waals surface area contributed by atoms with Crippen molar-refractivity contribution in [1.29, 1.82) is 0 Å². The van der Waals surface area contributed by atoms with Crippen LogP contribution < -0.4 is 22.9 Å². The van der Waals surface area contributed by atoms with Gasteiger partial charge >= 0.3 is 23.9 Å². The number of hydrogen-bond acceptors (Lipinski definition) is 8. The Morgan fingerprint density at radius 3 is 0.721 bits per heavy atom. The summed E-state index contributed by atoms with van der Waals surface area (Å²) in [6, 6.07) is 1.02. The third-order valence-corrected chi connectivity index (χ3v) is 10.5. The number of benzene rings is 1. The summed E-state index contributed by atoms with van der Waals surface area (Å²) < 4.78 is 0. The van der Waals surface area contributed by atoms with Crippen LogP contribution in [0.5, 0.6) is 0 Å². The van der Waals surface area contributed by atoms with Gasteiger partial charge in [-0.1, -0.05) is 168 Å². The van der Waals surface area contributed by atoms with Gasteiger partial charge in [0.1, 0.15) is 0 Å². The van der Waals surface area contributed by atoms with E-state index in [1.807, 2.05) is 13.8 Å². The highest BCUT2D eigenvalue weighted by molar-refractivity contribution is 6.09. The number of carboxylic acid groups (broad SMARTS) is 4. The van der Waals surface area contributed by atoms with E-state index in [1.165, 1.54) is 180 Å². The molecule has 0 aromatic heterocycles. The zero-order chi connectivity index (χ0) is 52.1. The molecule has 0 bridgehead atoms. The maximum atomic E-state index is 10.8. The Kier molecular flexibility index (Phi) is 56.7. The van der Waals surface area contributed by atoms with Crippen molar-refractivity contribution in [1.82, 2.24) is 0 Å². The maximum absolute atomic E-state index is 10.8. The Morgan fingerprint density at radius 1 is 0.353 bits per heavy atom. The number of carboxylic acids is 4. The van der Waals surface area contributed by atoms with Crippen molar-refractivity contribution in [2.24, 2.45) is 22.9 Å². The van der Waals surface area contributed by atoms with Crippen molar-refractivity contribution in [3.8, 4) is 0 Å². The molecule has 0 aliphatic carbocycles. The van der Waals surface area contributed by atoms with Crippen LogP contribution in [0, 0.1) is 0 Å². The average Bonchev–Trinajstić information content (AvgIpc) is 3.29. The Hall–Kier alpha value is -4.56. The smallest absolute Gasteiger partial charge is 0.336 e. The van der Waals surface area contributed by atoms with Crippen LogP contribution in [0.2, 0.25) is 0 Å². The largest absolute Gasteiger partial charge is 0.478 e. The van der Waals surface area contributed by atoms with Crippen LogP contribution in [0.4, 0.5) is 0 Å². The Balaban J connectivity index is -0.000000402. The summed E-state index contributed by atoms with van der Waals surface area (Å²) in [5, 5.41) is 35.0. The third-order valence-electron chi connectivity index (χ3n) is 10.5.